The Morgan fingerprint density at radius 2 is 2.10 bits per heavy atom. The number of nitrogens with zero attached hydrogens (tertiary/aromatic N) is 1. The van der Waals surface area contributed by atoms with Crippen LogP contribution in [0.15, 0.2) is 18.2 Å². The molecule has 20 heavy (non-hydrogen) atoms. The topological polar surface area (TPSA) is 58.7 Å². The summed E-state index contributed by atoms with van der Waals surface area (Å²) in [5.74, 6) is 0.400. The van der Waals surface area contributed by atoms with Crippen molar-refractivity contribution in [3.8, 4) is 5.75 Å². The molecule has 1 aromatic carbocycles. The molecule has 112 valence electrons. The molecule has 0 radical (unpaired) electrons. The molecule has 3 N–H and O–H groups in total. The third-order valence-corrected chi connectivity index (χ3v) is 3.87. The van der Waals surface area contributed by atoms with Gasteiger partial charge in [-0.15, -0.1) is 0 Å². The van der Waals surface area contributed by atoms with Crippen molar-refractivity contribution < 1.29 is 9.84 Å². The highest BCUT2D eigenvalue weighted by Gasteiger charge is 2.20. The van der Waals surface area contributed by atoms with Gasteiger partial charge in [0.1, 0.15) is 5.75 Å². The first-order valence-corrected chi connectivity index (χ1v) is 7.51. The number of nitrogens with two attached hydrogens (primary N) is 1. The van der Waals surface area contributed by atoms with Crippen molar-refractivity contribution in [1.82, 2.24) is 4.90 Å². The maximum absolute atomic E-state index is 9.90. The predicted molar refractivity (Wildman–Crippen MR) is 80.8 cm³/mol. The number of piperidine rings is 1. The van der Waals surface area contributed by atoms with E-state index < -0.39 is 0 Å². The number of aromatic hydroxyl groups is 1. The van der Waals surface area contributed by atoms with Crippen LogP contribution in [0.1, 0.15) is 30.4 Å². The largest absolute Gasteiger partial charge is 0.508 e. The van der Waals surface area contributed by atoms with Gasteiger partial charge in [0.25, 0.3) is 0 Å². The van der Waals surface area contributed by atoms with E-state index >= 15 is 0 Å². The average Bonchev–Trinajstić information content (AvgIpc) is 2.45. The van der Waals surface area contributed by atoms with E-state index in [0.717, 1.165) is 51.1 Å². The zero-order valence-electron chi connectivity index (χ0n) is 12.3. The smallest absolute Gasteiger partial charge is 0.120 e. The lowest BCUT2D eigenvalue weighted by Crippen LogP contribution is -2.36. The maximum atomic E-state index is 9.90. The van der Waals surface area contributed by atoms with Gasteiger partial charge < -0.3 is 15.6 Å². The van der Waals surface area contributed by atoms with Crippen molar-refractivity contribution in [2.45, 2.75) is 38.8 Å². The van der Waals surface area contributed by atoms with Crippen molar-refractivity contribution in [2.75, 3.05) is 26.2 Å². The van der Waals surface area contributed by atoms with Crippen LogP contribution in [0.25, 0.3) is 0 Å². The van der Waals surface area contributed by atoms with Crippen LogP contribution in [-0.2, 0) is 11.3 Å². The molecule has 0 bridgehead atoms. The molecule has 1 heterocycles. The third kappa shape index (κ3) is 4.47. The molecule has 1 saturated heterocycles. The van der Waals surface area contributed by atoms with Gasteiger partial charge in [0.15, 0.2) is 0 Å². The second-order valence-electron chi connectivity index (χ2n) is 5.62. The first-order chi connectivity index (χ1) is 9.69. The summed E-state index contributed by atoms with van der Waals surface area (Å²) in [6, 6.07) is 5.79. The van der Waals surface area contributed by atoms with Crippen molar-refractivity contribution >= 4 is 0 Å². The van der Waals surface area contributed by atoms with Crippen LogP contribution in [0.5, 0.6) is 5.75 Å². The normalized spacial score (nSPS) is 17.5. The van der Waals surface area contributed by atoms with E-state index in [1.54, 1.807) is 6.07 Å². The number of benzene rings is 1. The summed E-state index contributed by atoms with van der Waals surface area (Å²) in [7, 11) is 0. The van der Waals surface area contributed by atoms with Crippen LogP contribution in [0.3, 0.4) is 0 Å². The van der Waals surface area contributed by atoms with Gasteiger partial charge in [-0.05, 0) is 38.8 Å². The van der Waals surface area contributed by atoms with Gasteiger partial charge in [-0.1, -0.05) is 17.7 Å². The molecule has 1 aliphatic rings. The van der Waals surface area contributed by atoms with Gasteiger partial charge in [-0.2, -0.15) is 0 Å². The minimum absolute atomic E-state index is 0.379. The second kappa shape index (κ2) is 7.62. The number of likely N-dealkylation sites (tertiary alicyclic amines) is 1. The molecule has 4 heteroatoms. The Hall–Kier alpha value is -1.10. The van der Waals surface area contributed by atoms with E-state index in [9.17, 15) is 5.11 Å². The van der Waals surface area contributed by atoms with Crippen molar-refractivity contribution in [1.29, 1.82) is 0 Å². The average molecular weight is 278 g/mol. The first-order valence-electron chi connectivity index (χ1n) is 7.51. The van der Waals surface area contributed by atoms with Gasteiger partial charge >= 0.3 is 0 Å². The van der Waals surface area contributed by atoms with E-state index in [4.69, 9.17) is 10.5 Å². The summed E-state index contributed by atoms with van der Waals surface area (Å²) >= 11 is 0. The van der Waals surface area contributed by atoms with E-state index in [1.165, 1.54) is 5.56 Å². The fraction of sp³-hybridized carbons (Fsp3) is 0.625. The molecule has 0 saturated carbocycles. The molecule has 0 spiro atoms. The number of aryl methyl sites for hydroxylation is 1. The van der Waals surface area contributed by atoms with Crippen molar-refractivity contribution in [3.63, 3.8) is 0 Å². The lowest BCUT2D eigenvalue weighted by molar-refractivity contribution is 0.00553. The number of phenols is 1. The third-order valence-electron chi connectivity index (χ3n) is 3.87. The summed E-state index contributed by atoms with van der Waals surface area (Å²) in [5, 5.41) is 9.90. The van der Waals surface area contributed by atoms with Crippen molar-refractivity contribution in [2.24, 2.45) is 5.73 Å². The van der Waals surface area contributed by atoms with Crippen LogP contribution in [-0.4, -0.2) is 42.4 Å². The fourth-order valence-electron chi connectivity index (χ4n) is 2.65. The zero-order chi connectivity index (χ0) is 14.4. The van der Waals surface area contributed by atoms with Gasteiger partial charge in [0, 0.05) is 31.8 Å². The fourth-order valence-corrected chi connectivity index (χ4v) is 2.65. The van der Waals surface area contributed by atoms with Crippen LogP contribution in [0.4, 0.5) is 0 Å². The molecule has 0 aromatic heterocycles. The number of hydrogen-bond donors (Lipinski definition) is 2. The molecule has 0 atom stereocenters. The Kier molecular flexibility index (Phi) is 5.83. The lowest BCUT2D eigenvalue weighted by Gasteiger charge is -2.32. The van der Waals surface area contributed by atoms with Gasteiger partial charge in [-0.25, -0.2) is 0 Å². The number of hydrogen-bond acceptors (Lipinski definition) is 4. The van der Waals surface area contributed by atoms with Crippen LogP contribution in [0.2, 0.25) is 0 Å². The number of rotatable bonds is 6. The molecule has 0 amide bonds. The molecule has 0 unspecified atom stereocenters. The summed E-state index contributed by atoms with van der Waals surface area (Å²) in [5.41, 5.74) is 7.68. The number of phenolic OH excluding ortho intramolecular Hbond substituents is 1. The van der Waals surface area contributed by atoms with Crippen LogP contribution >= 0.6 is 0 Å². The number of ether oxygens (including phenoxy) is 1. The second-order valence-corrected chi connectivity index (χ2v) is 5.62. The standard InChI is InChI=1S/C16H26N2O2/c1-13-3-4-16(19)14(11-13)12-18-8-5-15(6-9-18)20-10-2-7-17/h3-4,11,15,19H,2,5-10,12,17H2,1H3. The van der Waals surface area contributed by atoms with Gasteiger partial charge in [0.2, 0.25) is 0 Å². The molecular formula is C16H26N2O2. The Morgan fingerprint density at radius 3 is 2.80 bits per heavy atom. The maximum Gasteiger partial charge on any atom is 0.120 e. The van der Waals surface area contributed by atoms with Crippen LogP contribution < -0.4 is 5.73 Å². The Bertz CT molecular complexity index is 415. The van der Waals surface area contributed by atoms with Gasteiger partial charge in [0.05, 0.1) is 6.10 Å². The quantitative estimate of drug-likeness (QED) is 0.782. The van der Waals surface area contributed by atoms with Gasteiger partial charge in [-0.3, -0.25) is 4.90 Å². The first kappa shape index (κ1) is 15.3. The molecule has 1 aliphatic heterocycles. The summed E-state index contributed by atoms with van der Waals surface area (Å²) in [6.45, 7) is 6.41. The Balaban J connectivity index is 1.78. The molecule has 1 fully saturated rings. The highest BCUT2D eigenvalue weighted by Crippen LogP contribution is 2.22. The lowest BCUT2D eigenvalue weighted by atomic mass is 10.1. The molecule has 0 aliphatic carbocycles. The zero-order valence-corrected chi connectivity index (χ0v) is 12.3. The van der Waals surface area contributed by atoms with Crippen molar-refractivity contribution in [3.05, 3.63) is 29.3 Å². The summed E-state index contributed by atoms with van der Waals surface area (Å²) < 4.78 is 5.81. The SMILES string of the molecule is Cc1ccc(O)c(CN2CCC(OCCCN)CC2)c1. The van der Waals surface area contributed by atoms with Crippen LogP contribution in [0, 0.1) is 6.92 Å². The summed E-state index contributed by atoms with van der Waals surface area (Å²) in [4.78, 5) is 2.39. The highest BCUT2D eigenvalue weighted by molar-refractivity contribution is 5.35. The Labute approximate surface area is 121 Å². The molecule has 4 nitrogen and oxygen atoms in total. The summed E-state index contributed by atoms with van der Waals surface area (Å²) in [6.07, 6.45) is 3.45. The molecular weight excluding hydrogens is 252 g/mol. The minimum Gasteiger partial charge on any atom is -0.508 e. The van der Waals surface area contributed by atoms with E-state index in [1.807, 2.05) is 6.07 Å². The predicted octanol–water partition coefficient (Wildman–Crippen LogP) is 2.03. The van der Waals surface area contributed by atoms with E-state index in [0.29, 0.717) is 18.4 Å². The molecule has 1 aromatic rings. The van der Waals surface area contributed by atoms with E-state index in [-0.39, 0.29) is 0 Å². The molecule has 2 rings (SSSR count). The Morgan fingerprint density at radius 1 is 1.35 bits per heavy atom. The van der Waals surface area contributed by atoms with E-state index in [2.05, 4.69) is 17.9 Å². The highest BCUT2D eigenvalue weighted by atomic mass is 16.5. The monoisotopic (exact) mass is 278 g/mol. The minimum atomic E-state index is 0.379.